The molecule has 2 heterocycles. The van der Waals surface area contributed by atoms with Crippen molar-refractivity contribution in [2.45, 2.75) is 54.3 Å². The number of hydrogen-bond acceptors (Lipinski definition) is 8. The normalized spacial score (nSPS) is 36.5. The van der Waals surface area contributed by atoms with E-state index in [-0.39, 0.29) is 5.75 Å². The number of rotatable bonds is 5. The van der Waals surface area contributed by atoms with Gasteiger partial charge in [0.05, 0.1) is 18.8 Å². The van der Waals surface area contributed by atoms with Crippen molar-refractivity contribution in [3.63, 3.8) is 0 Å². The van der Waals surface area contributed by atoms with Gasteiger partial charge in [0.25, 0.3) is 0 Å². The first-order valence-electron chi connectivity index (χ1n) is 12.3. The minimum Gasteiger partial charge on any atom is -0.504 e. The first-order chi connectivity index (χ1) is 17.3. The number of fused-ring (bicyclic) bond motifs is 3. The van der Waals surface area contributed by atoms with E-state index in [1.165, 1.54) is 20.3 Å². The summed E-state index contributed by atoms with van der Waals surface area (Å²) in [5.74, 6) is -1.57. The monoisotopic (exact) mass is 493 g/mol. The molecule has 0 amide bonds. The van der Waals surface area contributed by atoms with Crippen LogP contribution >= 0.6 is 0 Å². The fraction of sp³-hybridized carbons (Fsp3) is 0.464. The van der Waals surface area contributed by atoms with Crippen molar-refractivity contribution >= 4 is 12.0 Å². The molecule has 2 aliphatic heterocycles. The van der Waals surface area contributed by atoms with E-state index in [1.807, 2.05) is 43.4 Å². The average molecular weight is 494 g/mol. The number of aromatic hydroxyl groups is 1. The Morgan fingerprint density at radius 2 is 1.94 bits per heavy atom. The number of nitrogens with zero attached hydrogens (tertiary/aromatic N) is 1. The molecule has 0 aromatic heterocycles. The molecule has 2 aromatic carbocycles. The number of phenols is 1. The summed E-state index contributed by atoms with van der Waals surface area (Å²) in [5.41, 5.74) is 1.03. The Hall–Kier alpha value is -2.91. The van der Waals surface area contributed by atoms with Gasteiger partial charge < -0.3 is 29.2 Å². The fourth-order valence-electron chi connectivity index (χ4n) is 7.61. The van der Waals surface area contributed by atoms with Gasteiger partial charge in [-0.25, -0.2) is 4.79 Å². The summed E-state index contributed by atoms with van der Waals surface area (Å²) < 4.78 is 24.1. The van der Waals surface area contributed by atoms with Crippen molar-refractivity contribution < 1.29 is 34.0 Å². The number of carbonyl (C=O) groups excluding carboxylic acids is 1. The minimum absolute atomic E-state index is 0.0697. The van der Waals surface area contributed by atoms with Gasteiger partial charge in [-0.2, -0.15) is 0 Å². The lowest BCUT2D eigenvalue weighted by Crippen LogP contribution is -2.77. The highest BCUT2D eigenvalue weighted by Crippen LogP contribution is 2.73. The van der Waals surface area contributed by atoms with Crippen molar-refractivity contribution in [2.75, 3.05) is 27.8 Å². The van der Waals surface area contributed by atoms with Gasteiger partial charge in [0.2, 0.25) is 5.79 Å². The first kappa shape index (κ1) is 23.5. The first-order valence-corrected chi connectivity index (χ1v) is 12.3. The van der Waals surface area contributed by atoms with Crippen LogP contribution in [0.2, 0.25) is 0 Å². The highest BCUT2D eigenvalue weighted by atomic mass is 16.7. The third-order valence-electron chi connectivity index (χ3n) is 8.98. The molecule has 2 aromatic rings. The Morgan fingerprint density at radius 3 is 2.67 bits per heavy atom. The molecular weight excluding hydrogens is 462 g/mol. The summed E-state index contributed by atoms with van der Waals surface area (Å²) in [5, 5.41) is 23.1. The number of aliphatic hydroxyl groups excluding tert-OH is 1. The Labute approximate surface area is 210 Å². The number of likely N-dealkylation sites (N-methyl/N-ethyl adjacent to an activating group) is 1. The molecule has 36 heavy (non-hydrogen) atoms. The van der Waals surface area contributed by atoms with E-state index in [1.54, 1.807) is 12.1 Å². The van der Waals surface area contributed by atoms with Gasteiger partial charge >= 0.3 is 5.97 Å². The van der Waals surface area contributed by atoms with Gasteiger partial charge in [0.1, 0.15) is 12.2 Å². The summed E-state index contributed by atoms with van der Waals surface area (Å²) in [6.07, 6.45) is 2.11. The largest absolute Gasteiger partial charge is 0.504 e. The van der Waals surface area contributed by atoms with Crippen molar-refractivity contribution in [1.29, 1.82) is 0 Å². The molecule has 6 rings (SSSR count). The van der Waals surface area contributed by atoms with Crippen molar-refractivity contribution in [3.05, 3.63) is 65.2 Å². The molecule has 2 N–H and O–H groups in total. The maximum atomic E-state index is 12.9. The van der Waals surface area contributed by atoms with E-state index in [4.69, 9.17) is 18.9 Å². The van der Waals surface area contributed by atoms with Gasteiger partial charge in [-0.15, -0.1) is 0 Å². The number of hydrogen-bond donors (Lipinski definition) is 2. The van der Waals surface area contributed by atoms with Crippen LogP contribution in [0, 0.1) is 0 Å². The lowest BCUT2D eigenvalue weighted by atomic mass is 9.50. The van der Waals surface area contributed by atoms with Crippen LogP contribution in [0.3, 0.4) is 0 Å². The Kier molecular flexibility index (Phi) is 5.25. The topological polar surface area (TPSA) is 97.7 Å². The molecule has 8 heteroatoms. The molecule has 1 saturated carbocycles. The molecular formula is C28H31NO7. The predicted octanol–water partition coefficient (Wildman–Crippen LogP) is 2.92. The van der Waals surface area contributed by atoms with Crippen molar-refractivity contribution in [1.82, 2.24) is 4.90 Å². The fourth-order valence-corrected chi connectivity index (χ4v) is 7.61. The lowest BCUT2D eigenvalue weighted by molar-refractivity contribution is -0.335. The Bertz CT molecular complexity index is 1230. The maximum Gasteiger partial charge on any atom is 0.331 e. The summed E-state index contributed by atoms with van der Waals surface area (Å²) in [6, 6.07) is 13.1. The third-order valence-corrected chi connectivity index (χ3v) is 8.98. The second-order valence-corrected chi connectivity index (χ2v) is 10.2. The number of aliphatic hydroxyl groups is 1. The highest BCUT2D eigenvalue weighted by Gasteiger charge is 2.82. The van der Waals surface area contributed by atoms with Crippen LogP contribution in [0.5, 0.6) is 11.5 Å². The van der Waals surface area contributed by atoms with Crippen molar-refractivity contribution in [3.8, 4) is 11.5 Å². The number of likely N-dealkylation sites (tertiary alicyclic amines) is 1. The molecule has 0 unspecified atom stereocenters. The third kappa shape index (κ3) is 2.75. The zero-order valence-corrected chi connectivity index (χ0v) is 20.6. The smallest absolute Gasteiger partial charge is 0.331 e. The number of phenolic OH excluding ortho intramolecular Hbond substituents is 1. The molecule has 2 saturated heterocycles. The second-order valence-electron chi connectivity index (χ2n) is 10.2. The summed E-state index contributed by atoms with van der Waals surface area (Å²) in [6.45, 7) is 0.707. The van der Waals surface area contributed by atoms with Crippen molar-refractivity contribution in [2.24, 2.45) is 0 Å². The second kappa shape index (κ2) is 8.05. The Balaban J connectivity index is 1.45. The predicted molar refractivity (Wildman–Crippen MR) is 130 cm³/mol. The van der Waals surface area contributed by atoms with Crippen LogP contribution in [-0.2, 0) is 24.4 Å². The average Bonchev–Trinajstić information content (AvgIpc) is 3.39. The summed E-state index contributed by atoms with van der Waals surface area (Å²) in [4.78, 5) is 15.1. The molecule has 1 spiro atoms. The van der Waals surface area contributed by atoms with Gasteiger partial charge in [0, 0.05) is 30.6 Å². The van der Waals surface area contributed by atoms with E-state index in [0.29, 0.717) is 31.6 Å². The molecule has 4 aliphatic rings. The quantitative estimate of drug-likeness (QED) is 0.485. The van der Waals surface area contributed by atoms with Gasteiger partial charge in [0.15, 0.2) is 11.5 Å². The van der Waals surface area contributed by atoms with Crippen LogP contribution in [0.1, 0.15) is 42.1 Å². The maximum absolute atomic E-state index is 12.9. The van der Waals surface area contributed by atoms with E-state index < -0.39 is 41.0 Å². The minimum atomic E-state index is -1.45. The molecule has 0 radical (unpaired) electrons. The molecule has 6 atom stereocenters. The Morgan fingerprint density at radius 1 is 1.17 bits per heavy atom. The molecule has 2 aliphatic carbocycles. The molecule has 8 nitrogen and oxygen atoms in total. The number of ether oxygens (including phenoxy) is 4. The van der Waals surface area contributed by atoms with Gasteiger partial charge in [-0.1, -0.05) is 36.4 Å². The SMILES string of the molecule is COc1ccc2c(c1O)[C@@]13CCN(C)[C@@]14C[C@@H]2O[C@@]4(OC)[C@@H](O)[C@@H](OC(=O)/C=C/c1ccccc1)C3. The van der Waals surface area contributed by atoms with Crippen LogP contribution in [-0.4, -0.2) is 72.4 Å². The van der Waals surface area contributed by atoms with Crippen LogP contribution < -0.4 is 4.74 Å². The number of methoxy groups -OCH3 is 2. The van der Waals surface area contributed by atoms with Crippen LogP contribution in [0.25, 0.3) is 6.08 Å². The molecule has 2 bridgehead atoms. The summed E-state index contributed by atoms with van der Waals surface area (Å²) in [7, 11) is 5.06. The summed E-state index contributed by atoms with van der Waals surface area (Å²) >= 11 is 0. The number of esters is 1. The zero-order chi connectivity index (χ0) is 25.3. The highest BCUT2D eigenvalue weighted by molar-refractivity contribution is 5.87. The van der Waals surface area contributed by atoms with Gasteiger partial charge in [-0.05, 0) is 49.7 Å². The van der Waals surface area contributed by atoms with Crippen LogP contribution in [0.4, 0.5) is 0 Å². The van der Waals surface area contributed by atoms with E-state index in [2.05, 4.69) is 4.90 Å². The molecule has 190 valence electrons. The van der Waals surface area contributed by atoms with E-state index in [0.717, 1.165) is 16.7 Å². The lowest BCUT2D eigenvalue weighted by Gasteiger charge is -2.61. The van der Waals surface area contributed by atoms with Crippen LogP contribution in [0.15, 0.2) is 48.5 Å². The number of benzene rings is 2. The van der Waals surface area contributed by atoms with E-state index in [9.17, 15) is 15.0 Å². The van der Waals surface area contributed by atoms with E-state index >= 15 is 0 Å². The number of carbonyl (C=O) groups is 1. The zero-order valence-electron chi connectivity index (χ0n) is 20.6. The standard InChI is InChI=1S/C28H31NO7/c1-29-14-13-26-15-21(35-22(30)12-9-17-7-5-4-6-8-17)25(32)28(34-3)27(26,29)16-20(36-28)18-10-11-19(33-2)24(31)23(18)26/h4-12,20-21,25,31-32H,13-16H2,1-3H3/b12-9+/t20-,21-,25-,26-,27-,28-/m0/s1. The van der Waals surface area contributed by atoms with Gasteiger partial charge in [-0.3, -0.25) is 4.90 Å². The molecule has 3 fully saturated rings.